The van der Waals surface area contributed by atoms with Crippen LogP contribution < -0.4 is 11.2 Å². The molecule has 0 radical (unpaired) electrons. The SMILES string of the molecule is CCc1cc2c(=O)n(CCN(CC)CC)c(=O)[nH]c2s1. The Morgan fingerprint density at radius 1 is 1.25 bits per heavy atom. The second kappa shape index (κ2) is 6.37. The van der Waals surface area contributed by atoms with Crippen LogP contribution in [0.4, 0.5) is 0 Å². The Morgan fingerprint density at radius 3 is 2.55 bits per heavy atom. The van der Waals surface area contributed by atoms with Crippen LogP contribution in [0, 0.1) is 0 Å². The van der Waals surface area contributed by atoms with E-state index in [2.05, 4.69) is 23.7 Å². The minimum absolute atomic E-state index is 0.174. The molecular formula is C14H21N3O2S. The van der Waals surface area contributed by atoms with Crippen molar-refractivity contribution in [1.29, 1.82) is 0 Å². The molecule has 2 heterocycles. The quantitative estimate of drug-likeness (QED) is 0.881. The topological polar surface area (TPSA) is 58.1 Å². The third-order valence-electron chi connectivity index (χ3n) is 3.61. The summed E-state index contributed by atoms with van der Waals surface area (Å²) in [5.41, 5.74) is -0.481. The molecule has 0 bridgehead atoms. The van der Waals surface area contributed by atoms with Crippen LogP contribution in [0.5, 0.6) is 0 Å². The van der Waals surface area contributed by atoms with Crippen LogP contribution in [-0.2, 0) is 13.0 Å². The van der Waals surface area contributed by atoms with Crippen molar-refractivity contribution >= 4 is 21.6 Å². The van der Waals surface area contributed by atoms with Crippen LogP contribution in [0.15, 0.2) is 15.7 Å². The van der Waals surface area contributed by atoms with Crippen molar-refractivity contribution in [2.75, 3.05) is 19.6 Å². The fraction of sp³-hybridized carbons (Fsp3) is 0.571. The minimum Gasteiger partial charge on any atom is -0.302 e. The van der Waals surface area contributed by atoms with Crippen molar-refractivity contribution < 1.29 is 0 Å². The Bertz CT molecular complexity index is 694. The van der Waals surface area contributed by atoms with E-state index in [1.807, 2.05) is 13.0 Å². The average molecular weight is 295 g/mol. The lowest BCUT2D eigenvalue weighted by Crippen LogP contribution is -2.38. The molecule has 0 amide bonds. The lowest BCUT2D eigenvalue weighted by molar-refractivity contribution is 0.287. The molecule has 110 valence electrons. The first-order chi connectivity index (χ1) is 9.60. The molecule has 1 N–H and O–H groups in total. The van der Waals surface area contributed by atoms with Gasteiger partial charge in [0.15, 0.2) is 0 Å². The Labute approximate surface area is 121 Å². The fourth-order valence-corrected chi connectivity index (χ4v) is 3.23. The summed E-state index contributed by atoms with van der Waals surface area (Å²) in [5, 5.41) is 0.631. The highest BCUT2D eigenvalue weighted by molar-refractivity contribution is 7.18. The number of rotatable bonds is 6. The van der Waals surface area contributed by atoms with E-state index in [0.29, 0.717) is 23.3 Å². The second-order valence-corrected chi connectivity index (χ2v) is 5.86. The molecule has 0 saturated carbocycles. The molecule has 0 aliphatic heterocycles. The number of thiophene rings is 1. The normalized spacial score (nSPS) is 11.6. The monoisotopic (exact) mass is 295 g/mol. The zero-order chi connectivity index (χ0) is 14.7. The van der Waals surface area contributed by atoms with E-state index < -0.39 is 0 Å². The molecular weight excluding hydrogens is 274 g/mol. The Kier molecular flexibility index (Phi) is 4.77. The van der Waals surface area contributed by atoms with Crippen molar-refractivity contribution in [3.05, 3.63) is 31.8 Å². The Morgan fingerprint density at radius 2 is 1.95 bits per heavy atom. The van der Waals surface area contributed by atoms with Crippen LogP contribution >= 0.6 is 11.3 Å². The summed E-state index contributed by atoms with van der Waals surface area (Å²) in [6, 6.07) is 1.90. The number of H-pyrrole nitrogens is 1. The van der Waals surface area contributed by atoms with Crippen LogP contribution in [-0.4, -0.2) is 34.1 Å². The van der Waals surface area contributed by atoms with Crippen molar-refractivity contribution in [3.63, 3.8) is 0 Å². The number of hydrogen-bond donors (Lipinski definition) is 1. The van der Waals surface area contributed by atoms with Crippen molar-refractivity contribution in [2.24, 2.45) is 0 Å². The molecule has 5 nitrogen and oxygen atoms in total. The van der Waals surface area contributed by atoms with Gasteiger partial charge in [-0.25, -0.2) is 4.79 Å². The van der Waals surface area contributed by atoms with E-state index in [9.17, 15) is 9.59 Å². The number of likely N-dealkylation sites (N-methyl/N-ethyl adjacent to an activating group) is 1. The third-order valence-corrected chi connectivity index (χ3v) is 4.80. The molecule has 0 spiro atoms. The van der Waals surface area contributed by atoms with Crippen LogP contribution in [0.2, 0.25) is 0 Å². The van der Waals surface area contributed by atoms with E-state index in [1.165, 1.54) is 15.9 Å². The van der Waals surface area contributed by atoms with Gasteiger partial charge in [0.2, 0.25) is 0 Å². The molecule has 0 aliphatic rings. The molecule has 0 aromatic carbocycles. The number of aromatic amines is 1. The van der Waals surface area contributed by atoms with Gasteiger partial charge in [0.05, 0.1) is 5.39 Å². The number of fused-ring (bicyclic) bond motifs is 1. The molecule has 2 aromatic rings. The molecule has 6 heteroatoms. The largest absolute Gasteiger partial charge is 0.329 e. The van der Waals surface area contributed by atoms with E-state index in [1.54, 1.807) is 0 Å². The maximum Gasteiger partial charge on any atom is 0.329 e. The summed E-state index contributed by atoms with van der Waals surface area (Å²) < 4.78 is 1.31. The van der Waals surface area contributed by atoms with Gasteiger partial charge in [0, 0.05) is 18.0 Å². The number of aryl methyl sites for hydroxylation is 1. The van der Waals surface area contributed by atoms with E-state index in [0.717, 1.165) is 24.4 Å². The van der Waals surface area contributed by atoms with Gasteiger partial charge in [0.25, 0.3) is 5.56 Å². The number of nitrogens with zero attached hydrogens (tertiary/aromatic N) is 2. The zero-order valence-electron chi connectivity index (χ0n) is 12.2. The van der Waals surface area contributed by atoms with Crippen molar-refractivity contribution in [2.45, 2.75) is 33.7 Å². The third kappa shape index (κ3) is 2.86. The summed E-state index contributed by atoms with van der Waals surface area (Å²) >= 11 is 1.49. The fourth-order valence-electron chi connectivity index (χ4n) is 2.25. The van der Waals surface area contributed by atoms with Crippen molar-refractivity contribution in [3.8, 4) is 0 Å². The highest BCUT2D eigenvalue weighted by Gasteiger charge is 2.11. The average Bonchev–Trinajstić information content (AvgIpc) is 2.86. The molecule has 2 aromatic heterocycles. The highest BCUT2D eigenvalue weighted by atomic mass is 32.1. The number of aromatic nitrogens is 2. The van der Waals surface area contributed by atoms with Gasteiger partial charge in [-0.15, -0.1) is 11.3 Å². The lowest BCUT2D eigenvalue weighted by Gasteiger charge is -2.17. The second-order valence-electron chi connectivity index (χ2n) is 4.72. The molecule has 0 unspecified atom stereocenters. The maximum absolute atomic E-state index is 12.4. The summed E-state index contributed by atoms with van der Waals surface area (Å²) in [4.78, 5) is 31.3. The molecule has 2 rings (SSSR count). The van der Waals surface area contributed by atoms with Crippen LogP contribution in [0.25, 0.3) is 10.2 Å². The van der Waals surface area contributed by atoms with Crippen LogP contribution in [0.3, 0.4) is 0 Å². The Hall–Kier alpha value is -1.40. The number of nitrogens with one attached hydrogen (secondary N) is 1. The first kappa shape index (κ1) is 15.0. The van der Waals surface area contributed by atoms with Gasteiger partial charge < -0.3 is 4.90 Å². The minimum atomic E-state index is -0.306. The molecule has 0 atom stereocenters. The number of hydrogen-bond acceptors (Lipinski definition) is 4. The van der Waals surface area contributed by atoms with Gasteiger partial charge in [-0.1, -0.05) is 20.8 Å². The van der Waals surface area contributed by atoms with Gasteiger partial charge >= 0.3 is 5.69 Å². The molecule has 0 saturated heterocycles. The smallest absolute Gasteiger partial charge is 0.302 e. The highest BCUT2D eigenvalue weighted by Crippen LogP contribution is 2.20. The predicted octanol–water partition coefficient (Wildman–Crippen LogP) is 1.66. The van der Waals surface area contributed by atoms with Crippen molar-refractivity contribution in [1.82, 2.24) is 14.5 Å². The lowest BCUT2D eigenvalue weighted by atomic mass is 10.3. The molecule has 20 heavy (non-hydrogen) atoms. The molecule has 0 aliphatic carbocycles. The first-order valence-electron chi connectivity index (χ1n) is 7.08. The van der Waals surface area contributed by atoms with E-state index >= 15 is 0 Å². The van der Waals surface area contributed by atoms with Gasteiger partial charge in [0.1, 0.15) is 4.83 Å². The Balaban J connectivity index is 2.38. The summed E-state index contributed by atoms with van der Waals surface area (Å²) in [6.45, 7) is 9.18. The summed E-state index contributed by atoms with van der Waals surface area (Å²) in [6.07, 6.45) is 0.875. The predicted molar refractivity (Wildman–Crippen MR) is 83.9 cm³/mol. The molecule has 0 fully saturated rings. The van der Waals surface area contributed by atoms with Crippen LogP contribution in [0.1, 0.15) is 25.6 Å². The van der Waals surface area contributed by atoms with Gasteiger partial charge in [-0.3, -0.25) is 14.3 Å². The summed E-state index contributed by atoms with van der Waals surface area (Å²) in [5.74, 6) is 0. The maximum atomic E-state index is 12.4. The first-order valence-corrected chi connectivity index (χ1v) is 7.90. The van der Waals surface area contributed by atoms with Gasteiger partial charge in [-0.2, -0.15) is 0 Å². The summed E-state index contributed by atoms with van der Waals surface area (Å²) in [7, 11) is 0. The zero-order valence-corrected chi connectivity index (χ0v) is 13.0. The van der Waals surface area contributed by atoms with Gasteiger partial charge in [-0.05, 0) is 25.6 Å². The van der Waals surface area contributed by atoms with E-state index in [4.69, 9.17) is 0 Å². The van der Waals surface area contributed by atoms with E-state index in [-0.39, 0.29) is 11.2 Å². The standard InChI is InChI=1S/C14H21N3O2S/c1-4-10-9-11-12(20-10)15-14(19)17(13(11)18)8-7-16(5-2)6-3/h9H,4-8H2,1-3H3,(H,15,19).